The van der Waals surface area contributed by atoms with Crippen LogP contribution < -0.4 is 10.6 Å². The number of nitrogens with one attached hydrogen (secondary N) is 2. The zero-order valence-corrected chi connectivity index (χ0v) is 17.8. The summed E-state index contributed by atoms with van der Waals surface area (Å²) in [5.74, 6) is 0.0615. The Balaban J connectivity index is 4.91. The van der Waals surface area contributed by atoms with Crippen molar-refractivity contribution in [2.24, 2.45) is 10.4 Å². The number of nitrogens with zero attached hydrogens (tertiary/aromatic N) is 1. The first-order valence-corrected chi connectivity index (χ1v) is 9.48. The Labute approximate surface area is 159 Å². The van der Waals surface area contributed by atoms with Gasteiger partial charge in [-0.05, 0) is 51.2 Å². The summed E-state index contributed by atoms with van der Waals surface area (Å²) in [4.78, 5) is 16.8. The van der Waals surface area contributed by atoms with Crippen molar-refractivity contribution in [2.45, 2.75) is 92.7 Å². The van der Waals surface area contributed by atoms with Crippen molar-refractivity contribution < 1.29 is 9.18 Å². The summed E-state index contributed by atoms with van der Waals surface area (Å²) in [5.41, 5.74) is 1.41. The van der Waals surface area contributed by atoms with E-state index in [1.807, 2.05) is 20.8 Å². The lowest BCUT2D eigenvalue weighted by atomic mass is 9.91. The molecule has 0 aliphatic heterocycles. The Kier molecular flexibility index (Phi) is 10.6. The molecule has 0 saturated carbocycles. The topological polar surface area (TPSA) is 53.5 Å². The van der Waals surface area contributed by atoms with Gasteiger partial charge in [0.05, 0.1) is 6.17 Å². The van der Waals surface area contributed by atoms with Crippen LogP contribution in [0.5, 0.6) is 0 Å². The normalized spacial score (nSPS) is 18.0. The highest BCUT2D eigenvalue weighted by atomic mass is 19.1. The van der Waals surface area contributed by atoms with Gasteiger partial charge in [0, 0.05) is 24.2 Å². The van der Waals surface area contributed by atoms with Crippen LogP contribution in [0.25, 0.3) is 0 Å². The van der Waals surface area contributed by atoms with E-state index < -0.39 is 6.17 Å². The summed E-state index contributed by atoms with van der Waals surface area (Å²) < 4.78 is 13.2. The van der Waals surface area contributed by atoms with Crippen molar-refractivity contribution >= 4 is 11.6 Å². The van der Waals surface area contributed by atoms with Gasteiger partial charge in [0.2, 0.25) is 5.91 Å². The second-order valence-electron chi connectivity index (χ2n) is 8.17. The number of alkyl halides is 1. The summed E-state index contributed by atoms with van der Waals surface area (Å²) in [6.07, 6.45) is 3.29. The molecular formula is C21H38FN3O. The molecule has 150 valence electrons. The maximum atomic E-state index is 13.2. The fraction of sp³-hybridized carbons (Fsp3) is 0.714. The van der Waals surface area contributed by atoms with Gasteiger partial charge in [0.25, 0.3) is 0 Å². The van der Waals surface area contributed by atoms with Gasteiger partial charge in [0.15, 0.2) is 0 Å². The quantitative estimate of drug-likeness (QED) is 0.439. The van der Waals surface area contributed by atoms with E-state index >= 15 is 0 Å². The Hall–Kier alpha value is -1.49. The van der Waals surface area contributed by atoms with E-state index in [0.29, 0.717) is 12.0 Å². The summed E-state index contributed by atoms with van der Waals surface area (Å²) in [7, 11) is 0. The molecular weight excluding hydrogens is 329 g/mol. The maximum absolute atomic E-state index is 13.2. The fourth-order valence-electron chi connectivity index (χ4n) is 2.80. The predicted octanol–water partition coefficient (Wildman–Crippen LogP) is 4.57. The highest BCUT2D eigenvalue weighted by Gasteiger charge is 2.22. The first kappa shape index (κ1) is 24.5. The molecule has 4 atom stereocenters. The van der Waals surface area contributed by atoms with Crippen LogP contribution >= 0.6 is 0 Å². The van der Waals surface area contributed by atoms with Crippen molar-refractivity contribution in [3.63, 3.8) is 0 Å². The van der Waals surface area contributed by atoms with E-state index in [2.05, 4.69) is 49.9 Å². The number of carbonyl (C=O) groups is 1. The zero-order valence-electron chi connectivity index (χ0n) is 17.8. The Bertz CT molecular complexity index is 518. The number of hydrogen-bond donors (Lipinski definition) is 2. The molecule has 0 bridgehead atoms. The second kappa shape index (κ2) is 11.3. The van der Waals surface area contributed by atoms with Crippen molar-refractivity contribution in [2.75, 3.05) is 0 Å². The van der Waals surface area contributed by atoms with Crippen LogP contribution in [0.3, 0.4) is 0 Å². The maximum Gasteiger partial charge on any atom is 0.220 e. The molecule has 26 heavy (non-hydrogen) atoms. The van der Waals surface area contributed by atoms with Gasteiger partial charge >= 0.3 is 0 Å². The third-order valence-corrected chi connectivity index (χ3v) is 4.01. The molecule has 4 nitrogen and oxygen atoms in total. The molecule has 1 amide bonds. The van der Waals surface area contributed by atoms with Crippen molar-refractivity contribution in [1.82, 2.24) is 10.6 Å². The number of halogens is 1. The lowest BCUT2D eigenvalue weighted by molar-refractivity contribution is -0.123. The largest absolute Gasteiger partial charge is 0.352 e. The van der Waals surface area contributed by atoms with Gasteiger partial charge in [-0.3, -0.25) is 15.1 Å². The molecule has 0 spiro atoms. The van der Waals surface area contributed by atoms with E-state index in [0.717, 1.165) is 12.1 Å². The van der Waals surface area contributed by atoms with Crippen LogP contribution in [0.15, 0.2) is 29.3 Å². The summed E-state index contributed by atoms with van der Waals surface area (Å²) in [5, 5.41) is 6.52. The summed E-state index contributed by atoms with van der Waals surface area (Å²) >= 11 is 0. The molecule has 0 aromatic heterocycles. The van der Waals surface area contributed by atoms with Crippen LogP contribution in [-0.2, 0) is 4.79 Å². The molecule has 4 unspecified atom stereocenters. The highest BCUT2D eigenvalue weighted by molar-refractivity contribution is 6.00. The zero-order chi connectivity index (χ0) is 20.5. The molecule has 0 aromatic carbocycles. The molecule has 0 rings (SSSR count). The Morgan fingerprint density at radius 3 is 2.27 bits per heavy atom. The van der Waals surface area contributed by atoms with Crippen LogP contribution in [-0.4, -0.2) is 36.0 Å². The van der Waals surface area contributed by atoms with Crippen molar-refractivity contribution in [1.29, 1.82) is 0 Å². The third-order valence-electron chi connectivity index (χ3n) is 4.01. The monoisotopic (exact) mass is 367 g/mol. The number of amides is 1. The van der Waals surface area contributed by atoms with Crippen LogP contribution in [0.4, 0.5) is 4.39 Å². The first-order chi connectivity index (χ1) is 11.9. The van der Waals surface area contributed by atoms with E-state index in [4.69, 9.17) is 0 Å². The number of rotatable bonds is 10. The van der Waals surface area contributed by atoms with E-state index in [1.165, 1.54) is 13.0 Å². The fourth-order valence-corrected chi connectivity index (χ4v) is 2.80. The summed E-state index contributed by atoms with van der Waals surface area (Å²) in [6, 6.07) is 0.0924. The van der Waals surface area contributed by atoms with Gasteiger partial charge in [-0.15, -0.1) is 0 Å². The molecule has 2 N–H and O–H groups in total. The van der Waals surface area contributed by atoms with Crippen LogP contribution in [0.1, 0.15) is 68.2 Å². The van der Waals surface area contributed by atoms with Gasteiger partial charge < -0.3 is 5.32 Å². The first-order valence-electron chi connectivity index (χ1n) is 9.48. The standard InChI is InChI=1S/C21H38FN3O/c1-10-18(12-14(3)22)15(4)23-17(6)25-19(11-2)16(5)24-20(26)13-21(7,8)9/h10,12,14,16-17,19,25H,1,11,13H2,2-9H3,(H,24,26)/b18-12-,23-15-. The van der Waals surface area contributed by atoms with Gasteiger partial charge in [-0.25, -0.2) is 4.39 Å². The number of carbonyl (C=O) groups excluding carboxylic acids is 1. The molecule has 0 saturated heterocycles. The third kappa shape index (κ3) is 10.5. The molecule has 0 radical (unpaired) electrons. The van der Waals surface area contributed by atoms with E-state index in [1.54, 1.807) is 6.08 Å². The second-order valence-corrected chi connectivity index (χ2v) is 8.17. The average Bonchev–Trinajstić information content (AvgIpc) is 2.47. The molecule has 0 aliphatic rings. The average molecular weight is 368 g/mol. The van der Waals surface area contributed by atoms with E-state index in [-0.39, 0.29) is 29.6 Å². The van der Waals surface area contributed by atoms with Crippen molar-refractivity contribution in [3.05, 3.63) is 24.3 Å². The van der Waals surface area contributed by atoms with Gasteiger partial charge in [0.1, 0.15) is 6.17 Å². The predicted molar refractivity (Wildman–Crippen MR) is 110 cm³/mol. The van der Waals surface area contributed by atoms with Gasteiger partial charge in [-0.1, -0.05) is 40.3 Å². The molecule has 5 heteroatoms. The van der Waals surface area contributed by atoms with Crippen LogP contribution in [0, 0.1) is 5.41 Å². The van der Waals surface area contributed by atoms with Gasteiger partial charge in [-0.2, -0.15) is 0 Å². The number of hydrogen-bond acceptors (Lipinski definition) is 3. The number of allylic oxidation sites excluding steroid dienone is 3. The highest BCUT2D eigenvalue weighted by Crippen LogP contribution is 2.18. The van der Waals surface area contributed by atoms with E-state index in [9.17, 15) is 9.18 Å². The number of aliphatic imine (C=N–C) groups is 1. The molecule has 0 aliphatic carbocycles. The molecule has 0 heterocycles. The minimum absolute atomic E-state index is 0.00640. The molecule has 0 aromatic rings. The summed E-state index contributed by atoms with van der Waals surface area (Å²) in [6.45, 7) is 19.2. The minimum atomic E-state index is -1.04. The SMILES string of the molecule is C=CC(=C/C(C)F)/C(C)=N\C(C)NC(CC)C(C)NC(=O)CC(C)(C)C. The van der Waals surface area contributed by atoms with Crippen LogP contribution in [0.2, 0.25) is 0 Å². The smallest absolute Gasteiger partial charge is 0.220 e. The lowest BCUT2D eigenvalue weighted by Crippen LogP contribution is -2.50. The Morgan fingerprint density at radius 2 is 1.85 bits per heavy atom. The lowest BCUT2D eigenvalue weighted by Gasteiger charge is -2.28. The molecule has 0 fully saturated rings. The Morgan fingerprint density at radius 1 is 1.27 bits per heavy atom. The van der Waals surface area contributed by atoms with Crippen molar-refractivity contribution in [3.8, 4) is 0 Å². The minimum Gasteiger partial charge on any atom is -0.352 e.